The number of benzene rings is 1. The molecule has 166 valence electrons. The van der Waals surface area contributed by atoms with Gasteiger partial charge in [-0.15, -0.1) is 0 Å². The normalized spacial score (nSPS) is 15.5. The van der Waals surface area contributed by atoms with Gasteiger partial charge in [0.15, 0.2) is 0 Å². The molecule has 2 rings (SSSR count). The van der Waals surface area contributed by atoms with Crippen molar-refractivity contribution in [2.75, 3.05) is 19.6 Å². The first-order chi connectivity index (χ1) is 13.9. The maximum absolute atomic E-state index is 12.5. The van der Waals surface area contributed by atoms with E-state index in [0.717, 1.165) is 12.1 Å². The summed E-state index contributed by atoms with van der Waals surface area (Å²) < 4.78 is 32.6. The van der Waals surface area contributed by atoms with Crippen LogP contribution in [0.15, 0.2) is 29.2 Å². The molecule has 30 heavy (non-hydrogen) atoms. The predicted octanol–water partition coefficient (Wildman–Crippen LogP) is 1.39. The van der Waals surface area contributed by atoms with E-state index in [1.54, 1.807) is 25.7 Å². The first-order valence-electron chi connectivity index (χ1n) is 9.39. The number of nitrogens with one attached hydrogen (secondary N) is 2. The van der Waals surface area contributed by atoms with E-state index >= 15 is 0 Å². The molecule has 0 spiro atoms. The molecule has 0 unspecified atom stereocenters. The van der Waals surface area contributed by atoms with Crippen molar-refractivity contribution in [3.63, 3.8) is 0 Å². The molecule has 12 heteroatoms. The van der Waals surface area contributed by atoms with E-state index in [2.05, 4.69) is 10.0 Å². The van der Waals surface area contributed by atoms with E-state index in [1.807, 2.05) is 0 Å². The molecule has 1 aromatic rings. The minimum absolute atomic E-state index is 0.0619. The largest absolute Gasteiger partial charge is 0.444 e. The second-order valence-corrected chi connectivity index (χ2v) is 9.60. The van der Waals surface area contributed by atoms with Gasteiger partial charge in [0.2, 0.25) is 15.9 Å². The average Bonchev–Trinajstić information content (AvgIpc) is 2.65. The number of hydrogen-bond acceptors (Lipinski definition) is 7. The van der Waals surface area contributed by atoms with Crippen molar-refractivity contribution in [3.05, 3.63) is 34.4 Å². The van der Waals surface area contributed by atoms with Crippen LogP contribution in [0.3, 0.4) is 0 Å². The summed E-state index contributed by atoms with van der Waals surface area (Å²) in [4.78, 5) is 35.4. The van der Waals surface area contributed by atoms with Gasteiger partial charge in [-0.1, -0.05) is 0 Å². The van der Waals surface area contributed by atoms with Crippen molar-refractivity contribution in [3.8, 4) is 0 Å². The summed E-state index contributed by atoms with van der Waals surface area (Å²) in [5.74, 6) is -0.280. The molecule has 0 radical (unpaired) electrons. The lowest BCUT2D eigenvalue weighted by molar-refractivity contribution is -0.384. The van der Waals surface area contributed by atoms with E-state index in [0.29, 0.717) is 25.9 Å². The molecule has 0 bridgehead atoms. The maximum atomic E-state index is 12.5. The van der Waals surface area contributed by atoms with Crippen LogP contribution in [0.1, 0.15) is 33.6 Å². The van der Waals surface area contributed by atoms with Crippen molar-refractivity contribution in [1.82, 2.24) is 14.9 Å². The van der Waals surface area contributed by atoms with Crippen molar-refractivity contribution in [2.24, 2.45) is 0 Å². The summed E-state index contributed by atoms with van der Waals surface area (Å²) in [6, 6.07) is 4.26. The average molecular weight is 442 g/mol. The second-order valence-electron chi connectivity index (χ2n) is 7.88. The summed E-state index contributed by atoms with van der Waals surface area (Å²) in [5, 5.41) is 13.1. The zero-order valence-electron chi connectivity index (χ0n) is 17.1. The summed E-state index contributed by atoms with van der Waals surface area (Å²) in [6.45, 7) is 5.63. The van der Waals surface area contributed by atoms with Gasteiger partial charge >= 0.3 is 6.09 Å². The van der Waals surface area contributed by atoms with Crippen molar-refractivity contribution < 1.29 is 27.7 Å². The van der Waals surface area contributed by atoms with E-state index in [1.165, 1.54) is 12.1 Å². The molecule has 1 aromatic carbocycles. The number of sulfonamides is 1. The van der Waals surface area contributed by atoms with Gasteiger partial charge in [-0.3, -0.25) is 14.9 Å². The zero-order valence-corrected chi connectivity index (χ0v) is 17.9. The van der Waals surface area contributed by atoms with E-state index < -0.39 is 26.6 Å². The molecule has 1 heterocycles. The number of alkyl carbamates (subject to hydrolysis) is 1. The van der Waals surface area contributed by atoms with E-state index in [4.69, 9.17) is 4.74 Å². The Bertz CT molecular complexity index is 886. The first-order valence-corrected chi connectivity index (χ1v) is 10.9. The number of nitro benzene ring substituents is 1. The number of rotatable bonds is 6. The second kappa shape index (κ2) is 9.39. The van der Waals surface area contributed by atoms with Crippen LogP contribution >= 0.6 is 0 Å². The van der Waals surface area contributed by atoms with Crippen molar-refractivity contribution in [2.45, 2.75) is 50.2 Å². The molecule has 1 aliphatic heterocycles. The number of piperidine rings is 1. The molecule has 2 N–H and O–H groups in total. The molecule has 0 atom stereocenters. The number of ether oxygens (including phenoxy) is 1. The number of carbonyl (C=O) groups excluding carboxylic acids is 2. The van der Waals surface area contributed by atoms with Crippen LogP contribution in [0, 0.1) is 10.1 Å². The van der Waals surface area contributed by atoms with E-state index in [-0.39, 0.29) is 29.1 Å². The van der Waals surface area contributed by atoms with Crippen molar-refractivity contribution in [1.29, 1.82) is 0 Å². The van der Waals surface area contributed by atoms with Crippen LogP contribution in [0.5, 0.6) is 0 Å². The lowest BCUT2D eigenvalue weighted by atomic mass is 10.1. The molecule has 11 nitrogen and oxygen atoms in total. The lowest BCUT2D eigenvalue weighted by Gasteiger charge is -2.32. The third-order valence-electron chi connectivity index (χ3n) is 4.31. The van der Waals surface area contributed by atoms with Gasteiger partial charge in [-0.25, -0.2) is 17.9 Å². The fourth-order valence-corrected chi connectivity index (χ4v) is 4.16. The Morgan fingerprint density at radius 1 is 1.20 bits per heavy atom. The topological polar surface area (TPSA) is 148 Å². The highest BCUT2D eigenvalue weighted by Crippen LogP contribution is 2.18. The Balaban J connectivity index is 1.82. The number of nitrogens with zero attached hydrogens (tertiary/aromatic N) is 2. The molecule has 0 aromatic heterocycles. The van der Waals surface area contributed by atoms with Crippen LogP contribution in [-0.2, 0) is 19.6 Å². The molecule has 2 amide bonds. The van der Waals surface area contributed by atoms with Gasteiger partial charge in [-0.2, -0.15) is 0 Å². The number of carbonyl (C=O) groups is 2. The fraction of sp³-hybridized carbons (Fsp3) is 0.556. The minimum atomic E-state index is -3.83. The summed E-state index contributed by atoms with van der Waals surface area (Å²) in [6.07, 6.45) is 0.135. The highest BCUT2D eigenvalue weighted by molar-refractivity contribution is 7.89. The monoisotopic (exact) mass is 442 g/mol. The Kier molecular flexibility index (Phi) is 7.37. The third kappa shape index (κ3) is 6.95. The van der Waals surface area contributed by atoms with Gasteiger partial charge < -0.3 is 15.0 Å². The van der Waals surface area contributed by atoms with Crippen LogP contribution in [0.25, 0.3) is 0 Å². The van der Waals surface area contributed by atoms with Crippen LogP contribution in [-0.4, -0.2) is 61.5 Å². The van der Waals surface area contributed by atoms with Crippen molar-refractivity contribution >= 4 is 27.7 Å². The van der Waals surface area contributed by atoms with Gasteiger partial charge in [0, 0.05) is 31.3 Å². The standard InChI is InChI=1S/C18H26N4O7S/c1-18(2,3)29-17(24)19-12-16(23)21-10-8-13(9-11-21)20-30(27,28)15-6-4-14(5-7-15)22(25)26/h4-7,13,20H,8-12H2,1-3H3,(H,19,24). The summed E-state index contributed by atoms with van der Waals surface area (Å²) >= 11 is 0. The molecule has 0 saturated carbocycles. The molecule has 1 fully saturated rings. The molecule has 1 aliphatic rings. The van der Waals surface area contributed by atoms with Gasteiger partial charge in [0.05, 0.1) is 9.82 Å². The Labute approximate surface area is 175 Å². The number of amides is 2. The van der Waals surface area contributed by atoms with Crippen LogP contribution in [0.4, 0.5) is 10.5 Å². The first kappa shape index (κ1) is 23.5. The Morgan fingerprint density at radius 2 is 1.77 bits per heavy atom. The molecular formula is C18H26N4O7S. The molecule has 1 saturated heterocycles. The maximum Gasteiger partial charge on any atom is 0.408 e. The van der Waals surface area contributed by atoms with Gasteiger partial charge in [0.25, 0.3) is 5.69 Å². The Hall–Kier alpha value is -2.73. The molecular weight excluding hydrogens is 416 g/mol. The number of non-ortho nitro benzene ring substituents is 1. The van der Waals surface area contributed by atoms with E-state index in [9.17, 15) is 28.1 Å². The van der Waals surface area contributed by atoms with Gasteiger partial charge in [0.1, 0.15) is 12.1 Å². The van der Waals surface area contributed by atoms with Crippen LogP contribution in [0.2, 0.25) is 0 Å². The van der Waals surface area contributed by atoms with Crippen LogP contribution < -0.4 is 10.0 Å². The minimum Gasteiger partial charge on any atom is -0.444 e. The predicted molar refractivity (Wildman–Crippen MR) is 107 cm³/mol. The van der Waals surface area contributed by atoms with Gasteiger partial charge in [-0.05, 0) is 45.7 Å². The quantitative estimate of drug-likeness (QED) is 0.499. The number of hydrogen-bond donors (Lipinski definition) is 2. The summed E-state index contributed by atoms with van der Waals surface area (Å²) in [5.41, 5.74) is -0.854. The Morgan fingerprint density at radius 3 is 2.27 bits per heavy atom. The number of nitro groups is 1. The SMILES string of the molecule is CC(C)(C)OC(=O)NCC(=O)N1CCC(NS(=O)(=O)c2ccc([N+](=O)[O-])cc2)CC1. The molecule has 0 aliphatic carbocycles. The fourth-order valence-electron chi connectivity index (χ4n) is 2.85. The summed E-state index contributed by atoms with van der Waals surface area (Å²) in [7, 11) is -3.83. The third-order valence-corrected chi connectivity index (χ3v) is 5.85. The zero-order chi connectivity index (χ0) is 22.5. The lowest BCUT2D eigenvalue weighted by Crippen LogP contribution is -2.49. The highest BCUT2D eigenvalue weighted by Gasteiger charge is 2.27. The smallest absolute Gasteiger partial charge is 0.408 e. The number of likely N-dealkylation sites (tertiary alicyclic amines) is 1. The highest BCUT2D eigenvalue weighted by atomic mass is 32.2.